The SMILES string of the molecule is N/C(=N/O)c1c(Br)cccc1OCC1CCCC1. The quantitative estimate of drug-likeness (QED) is 0.388. The number of ether oxygens (including phenoxy) is 1. The number of rotatable bonds is 4. The fraction of sp³-hybridized carbons (Fsp3) is 0.462. The Morgan fingerprint density at radius 2 is 2.17 bits per heavy atom. The smallest absolute Gasteiger partial charge is 0.174 e. The lowest BCUT2D eigenvalue weighted by atomic mass is 10.1. The zero-order chi connectivity index (χ0) is 13.0. The minimum Gasteiger partial charge on any atom is -0.492 e. The molecule has 0 amide bonds. The van der Waals surface area contributed by atoms with Gasteiger partial charge in [-0.2, -0.15) is 0 Å². The average Bonchev–Trinajstić information content (AvgIpc) is 2.88. The molecule has 0 aliphatic heterocycles. The minimum atomic E-state index is 0.0592. The first-order chi connectivity index (χ1) is 8.72. The van der Waals surface area contributed by atoms with Gasteiger partial charge in [-0.05, 0) is 46.8 Å². The summed E-state index contributed by atoms with van der Waals surface area (Å²) in [5, 5.41) is 11.8. The van der Waals surface area contributed by atoms with Gasteiger partial charge in [0.1, 0.15) is 5.75 Å². The van der Waals surface area contributed by atoms with Crippen molar-refractivity contribution in [3.05, 3.63) is 28.2 Å². The van der Waals surface area contributed by atoms with Gasteiger partial charge in [0.25, 0.3) is 0 Å². The molecule has 2 rings (SSSR count). The van der Waals surface area contributed by atoms with Crippen LogP contribution in [0.3, 0.4) is 0 Å². The van der Waals surface area contributed by atoms with Gasteiger partial charge in [-0.25, -0.2) is 0 Å². The number of halogens is 1. The Kier molecular flexibility index (Phi) is 4.47. The topological polar surface area (TPSA) is 67.8 Å². The highest BCUT2D eigenvalue weighted by atomic mass is 79.9. The van der Waals surface area contributed by atoms with Gasteiger partial charge in [0, 0.05) is 4.47 Å². The second-order valence-electron chi connectivity index (χ2n) is 4.56. The van der Waals surface area contributed by atoms with E-state index in [0.29, 0.717) is 23.8 Å². The minimum absolute atomic E-state index is 0.0592. The second-order valence-corrected chi connectivity index (χ2v) is 5.41. The Hall–Kier alpha value is -1.23. The van der Waals surface area contributed by atoms with Crippen LogP contribution in [0, 0.1) is 5.92 Å². The summed E-state index contributed by atoms with van der Waals surface area (Å²) in [6.07, 6.45) is 5.04. The van der Waals surface area contributed by atoms with Crippen LogP contribution in [0.15, 0.2) is 27.8 Å². The lowest BCUT2D eigenvalue weighted by molar-refractivity contribution is 0.251. The molecule has 0 saturated heterocycles. The molecular formula is C13H17BrN2O2. The summed E-state index contributed by atoms with van der Waals surface area (Å²) in [6.45, 7) is 0.697. The fourth-order valence-electron chi connectivity index (χ4n) is 2.31. The van der Waals surface area contributed by atoms with Crippen LogP contribution < -0.4 is 10.5 Å². The van der Waals surface area contributed by atoms with E-state index < -0.39 is 0 Å². The monoisotopic (exact) mass is 312 g/mol. The summed E-state index contributed by atoms with van der Waals surface area (Å²) < 4.78 is 6.59. The standard InChI is InChI=1S/C13H17BrN2O2/c14-10-6-3-7-11(12(10)13(15)16-17)18-8-9-4-1-2-5-9/h3,6-7,9,17H,1-2,4-5,8H2,(H2,15,16). The van der Waals surface area contributed by atoms with Crippen LogP contribution in [0.4, 0.5) is 0 Å². The summed E-state index contributed by atoms with van der Waals surface area (Å²) in [6, 6.07) is 5.56. The average molecular weight is 313 g/mol. The van der Waals surface area contributed by atoms with Crippen LogP contribution in [0.2, 0.25) is 0 Å². The molecule has 0 unspecified atom stereocenters. The maximum absolute atomic E-state index is 8.80. The van der Waals surface area contributed by atoms with E-state index in [-0.39, 0.29) is 5.84 Å². The van der Waals surface area contributed by atoms with E-state index in [2.05, 4.69) is 21.1 Å². The van der Waals surface area contributed by atoms with Gasteiger partial charge < -0.3 is 15.7 Å². The molecule has 18 heavy (non-hydrogen) atoms. The Labute approximate surface area is 115 Å². The van der Waals surface area contributed by atoms with Gasteiger partial charge in [0.15, 0.2) is 5.84 Å². The summed E-state index contributed by atoms with van der Waals surface area (Å²) in [5.74, 6) is 1.35. The van der Waals surface area contributed by atoms with Crippen LogP contribution in [0.25, 0.3) is 0 Å². The van der Waals surface area contributed by atoms with Gasteiger partial charge in [0.05, 0.1) is 12.2 Å². The molecule has 1 aromatic rings. The van der Waals surface area contributed by atoms with E-state index in [1.54, 1.807) is 0 Å². The van der Waals surface area contributed by atoms with Crippen molar-refractivity contribution in [3.8, 4) is 5.75 Å². The first-order valence-corrected chi connectivity index (χ1v) is 6.91. The molecule has 0 bridgehead atoms. The normalized spacial score (nSPS) is 17.1. The molecule has 5 heteroatoms. The molecule has 98 valence electrons. The third kappa shape index (κ3) is 2.96. The van der Waals surface area contributed by atoms with Crippen LogP contribution in [0.1, 0.15) is 31.2 Å². The predicted molar refractivity (Wildman–Crippen MR) is 74.1 cm³/mol. The molecule has 0 spiro atoms. The van der Waals surface area contributed by atoms with Crippen molar-refractivity contribution >= 4 is 21.8 Å². The largest absolute Gasteiger partial charge is 0.492 e. The molecule has 1 aliphatic carbocycles. The second kappa shape index (κ2) is 6.09. The van der Waals surface area contributed by atoms with Crippen molar-refractivity contribution in [2.45, 2.75) is 25.7 Å². The van der Waals surface area contributed by atoms with Crippen LogP contribution in [0.5, 0.6) is 5.75 Å². The molecule has 4 nitrogen and oxygen atoms in total. The number of amidine groups is 1. The van der Waals surface area contributed by atoms with Gasteiger partial charge in [-0.1, -0.05) is 24.1 Å². The first-order valence-electron chi connectivity index (χ1n) is 6.11. The highest BCUT2D eigenvalue weighted by Crippen LogP contribution is 2.29. The molecule has 3 N–H and O–H groups in total. The van der Waals surface area contributed by atoms with Crippen LogP contribution in [-0.2, 0) is 0 Å². The van der Waals surface area contributed by atoms with Gasteiger partial charge in [-0.3, -0.25) is 0 Å². The molecule has 1 aromatic carbocycles. The fourth-order valence-corrected chi connectivity index (χ4v) is 2.86. The number of nitrogens with two attached hydrogens (primary N) is 1. The lowest BCUT2D eigenvalue weighted by Crippen LogP contribution is -2.17. The number of nitrogens with zero attached hydrogens (tertiary/aromatic N) is 1. The Morgan fingerprint density at radius 1 is 1.44 bits per heavy atom. The Morgan fingerprint density at radius 3 is 2.83 bits per heavy atom. The maximum Gasteiger partial charge on any atom is 0.174 e. The number of oxime groups is 1. The molecule has 0 aromatic heterocycles. The molecule has 0 radical (unpaired) electrons. The van der Waals surface area contributed by atoms with Crippen LogP contribution >= 0.6 is 15.9 Å². The molecule has 0 atom stereocenters. The first kappa shape index (κ1) is 13.2. The van der Waals surface area contributed by atoms with E-state index in [1.807, 2.05) is 18.2 Å². The van der Waals surface area contributed by atoms with Crippen molar-refractivity contribution in [2.75, 3.05) is 6.61 Å². The van der Waals surface area contributed by atoms with Gasteiger partial charge in [-0.15, -0.1) is 0 Å². The number of hydrogen-bond acceptors (Lipinski definition) is 3. The zero-order valence-electron chi connectivity index (χ0n) is 10.1. The molecule has 1 saturated carbocycles. The Bertz CT molecular complexity index is 443. The van der Waals surface area contributed by atoms with Crippen molar-refractivity contribution in [2.24, 2.45) is 16.8 Å². The van der Waals surface area contributed by atoms with Crippen molar-refractivity contribution in [1.82, 2.24) is 0 Å². The van der Waals surface area contributed by atoms with E-state index in [1.165, 1.54) is 25.7 Å². The lowest BCUT2D eigenvalue weighted by Gasteiger charge is -2.15. The van der Waals surface area contributed by atoms with Gasteiger partial charge >= 0.3 is 0 Å². The highest BCUT2D eigenvalue weighted by Gasteiger charge is 2.18. The molecule has 1 aliphatic rings. The van der Waals surface area contributed by atoms with Crippen molar-refractivity contribution in [3.63, 3.8) is 0 Å². The summed E-state index contributed by atoms with van der Waals surface area (Å²) >= 11 is 3.39. The van der Waals surface area contributed by atoms with Crippen molar-refractivity contribution < 1.29 is 9.94 Å². The molecular weight excluding hydrogens is 296 g/mol. The van der Waals surface area contributed by atoms with Crippen molar-refractivity contribution in [1.29, 1.82) is 0 Å². The van der Waals surface area contributed by atoms with Gasteiger partial charge in [0.2, 0.25) is 0 Å². The summed E-state index contributed by atoms with van der Waals surface area (Å²) in [5.41, 5.74) is 6.28. The number of hydrogen-bond donors (Lipinski definition) is 2. The Balaban J connectivity index is 2.13. The third-order valence-electron chi connectivity index (χ3n) is 3.29. The molecule has 0 heterocycles. The summed E-state index contributed by atoms with van der Waals surface area (Å²) in [4.78, 5) is 0. The summed E-state index contributed by atoms with van der Waals surface area (Å²) in [7, 11) is 0. The van der Waals surface area contributed by atoms with E-state index >= 15 is 0 Å². The number of benzene rings is 1. The third-order valence-corrected chi connectivity index (χ3v) is 3.95. The zero-order valence-corrected chi connectivity index (χ0v) is 11.7. The van der Waals surface area contributed by atoms with E-state index in [4.69, 9.17) is 15.7 Å². The maximum atomic E-state index is 8.80. The van der Waals surface area contributed by atoms with E-state index in [0.717, 1.165) is 4.47 Å². The van der Waals surface area contributed by atoms with E-state index in [9.17, 15) is 0 Å². The highest BCUT2D eigenvalue weighted by molar-refractivity contribution is 9.10. The predicted octanol–water partition coefficient (Wildman–Crippen LogP) is 3.11. The van der Waals surface area contributed by atoms with Crippen LogP contribution in [-0.4, -0.2) is 17.6 Å². The molecule has 1 fully saturated rings.